The summed E-state index contributed by atoms with van der Waals surface area (Å²) in [5, 5.41) is 21.0. The van der Waals surface area contributed by atoms with Gasteiger partial charge in [0.2, 0.25) is 0 Å². The fourth-order valence-corrected chi connectivity index (χ4v) is 3.76. The number of carbonyl (C=O) groups is 2. The number of carboxylic acid groups (broad SMARTS) is 2. The Labute approximate surface area is 188 Å². The van der Waals surface area contributed by atoms with Gasteiger partial charge in [0, 0.05) is 45.1 Å². The highest BCUT2D eigenvalue weighted by Crippen LogP contribution is 2.30. The first-order chi connectivity index (χ1) is 14.8. The van der Waals surface area contributed by atoms with E-state index in [4.69, 9.17) is 19.8 Å². The molecule has 0 aliphatic carbocycles. The molecule has 3 N–H and O–H groups in total. The average molecular weight is 483 g/mol. The van der Waals surface area contributed by atoms with Crippen LogP contribution in [0.15, 0.2) is 65.1 Å². The third-order valence-corrected chi connectivity index (χ3v) is 5.88. The van der Waals surface area contributed by atoms with Gasteiger partial charge in [-0.05, 0) is 61.4 Å². The fraction of sp³-hybridized carbons (Fsp3) is 0.167. The van der Waals surface area contributed by atoms with Crippen LogP contribution in [0, 0.1) is 6.92 Å². The van der Waals surface area contributed by atoms with Crippen LogP contribution in [0.25, 0.3) is 21.8 Å². The Hall–Kier alpha value is -3.32. The summed E-state index contributed by atoms with van der Waals surface area (Å²) in [6, 6.07) is 21.8. The molecule has 0 atom stereocenters. The second-order valence-electron chi connectivity index (χ2n) is 7.04. The molecule has 6 nitrogen and oxygen atoms in total. The van der Waals surface area contributed by atoms with Crippen LogP contribution in [-0.2, 0) is 22.7 Å². The Kier molecular flexibility index (Phi) is 6.97. The summed E-state index contributed by atoms with van der Waals surface area (Å²) >= 11 is 3.55. The number of benzene rings is 3. The molecule has 0 amide bonds. The van der Waals surface area contributed by atoms with E-state index >= 15 is 0 Å². The molecular formula is C24H23BrN2O4. The molecule has 0 saturated carbocycles. The van der Waals surface area contributed by atoms with Crippen molar-refractivity contribution in [3.8, 4) is 0 Å². The number of para-hydroxylation sites is 1. The molecule has 0 bridgehead atoms. The average Bonchev–Trinajstić information content (AvgIpc) is 3.08. The lowest BCUT2D eigenvalue weighted by Crippen LogP contribution is -2.09. The molecule has 0 aliphatic rings. The zero-order valence-electron chi connectivity index (χ0n) is 17.2. The Balaban J connectivity index is 0.000000401. The summed E-state index contributed by atoms with van der Waals surface area (Å²) in [6.07, 6.45) is 0. The Morgan fingerprint density at radius 1 is 0.935 bits per heavy atom. The van der Waals surface area contributed by atoms with Gasteiger partial charge in [0.1, 0.15) is 0 Å². The smallest absolute Gasteiger partial charge is 0.414 e. The first-order valence-corrected chi connectivity index (χ1v) is 10.6. The molecular weight excluding hydrogens is 460 g/mol. The van der Waals surface area contributed by atoms with E-state index in [0.29, 0.717) is 0 Å². The van der Waals surface area contributed by atoms with Crippen molar-refractivity contribution in [3.63, 3.8) is 0 Å². The van der Waals surface area contributed by atoms with E-state index in [1.807, 2.05) is 0 Å². The summed E-state index contributed by atoms with van der Waals surface area (Å²) in [7, 11) is 0. The molecule has 0 fully saturated rings. The molecule has 0 radical (unpaired) electrons. The molecule has 1 heterocycles. The van der Waals surface area contributed by atoms with E-state index < -0.39 is 11.9 Å². The minimum atomic E-state index is -1.82. The van der Waals surface area contributed by atoms with Gasteiger partial charge in [-0.25, -0.2) is 9.59 Å². The Morgan fingerprint density at radius 3 is 2.26 bits per heavy atom. The van der Waals surface area contributed by atoms with Gasteiger partial charge in [-0.15, -0.1) is 0 Å². The van der Waals surface area contributed by atoms with Crippen LogP contribution in [0.4, 0.5) is 5.69 Å². The van der Waals surface area contributed by atoms with Gasteiger partial charge in [0.25, 0.3) is 0 Å². The number of carboxylic acids is 2. The van der Waals surface area contributed by atoms with Crippen molar-refractivity contribution in [2.45, 2.75) is 26.9 Å². The molecule has 0 unspecified atom stereocenters. The van der Waals surface area contributed by atoms with Gasteiger partial charge in [-0.2, -0.15) is 0 Å². The monoisotopic (exact) mass is 482 g/mol. The van der Waals surface area contributed by atoms with Gasteiger partial charge in [-0.1, -0.05) is 40.2 Å². The molecule has 160 valence electrons. The van der Waals surface area contributed by atoms with Crippen LogP contribution in [0.1, 0.15) is 18.1 Å². The molecule has 4 aromatic rings. The SMILES string of the molecule is CCn1c2ccccc2c2cc(CNc3ccc(Br)c(C)c3)ccc21.O=C(O)C(=O)O. The molecule has 1 aromatic heterocycles. The highest BCUT2D eigenvalue weighted by Gasteiger charge is 2.09. The van der Waals surface area contributed by atoms with Crippen LogP contribution in [0.3, 0.4) is 0 Å². The normalized spacial score (nSPS) is 10.5. The second kappa shape index (κ2) is 9.66. The van der Waals surface area contributed by atoms with Crippen molar-refractivity contribution >= 4 is 55.4 Å². The van der Waals surface area contributed by atoms with Gasteiger partial charge in [0.15, 0.2) is 0 Å². The van der Waals surface area contributed by atoms with Crippen molar-refractivity contribution in [1.82, 2.24) is 4.57 Å². The van der Waals surface area contributed by atoms with E-state index in [0.717, 1.165) is 23.2 Å². The van der Waals surface area contributed by atoms with Crippen molar-refractivity contribution in [2.75, 3.05) is 5.32 Å². The van der Waals surface area contributed by atoms with E-state index in [1.165, 1.54) is 32.9 Å². The first kappa shape index (κ1) is 22.4. The van der Waals surface area contributed by atoms with Crippen molar-refractivity contribution in [3.05, 3.63) is 76.3 Å². The molecule has 7 heteroatoms. The zero-order valence-corrected chi connectivity index (χ0v) is 18.8. The maximum absolute atomic E-state index is 9.10. The number of fused-ring (bicyclic) bond motifs is 3. The van der Waals surface area contributed by atoms with Gasteiger partial charge >= 0.3 is 11.9 Å². The molecule has 31 heavy (non-hydrogen) atoms. The summed E-state index contributed by atoms with van der Waals surface area (Å²) in [6.45, 7) is 6.13. The number of hydrogen-bond donors (Lipinski definition) is 3. The summed E-state index contributed by atoms with van der Waals surface area (Å²) < 4.78 is 3.53. The quantitative estimate of drug-likeness (QED) is 0.326. The number of anilines is 1. The second-order valence-corrected chi connectivity index (χ2v) is 7.90. The predicted octanol–water partition coefficient (Wildman–Crippen LogP) is 5.65. The van der Waals surface area contributed by atoms with E-state index in [9.17, 15) is 0 Å². The number of halogens is 1. The lowest BCUT2D eigenvalue weighted by Gasteiger charge is -2.09. The van der Waals surface area contributed by atoms with E-state index in [-0.39, 0.29) is 0 Å². The number of rotatable bonds is 4. The van der Waals surface area contributed by atoms with Crippen molar-refractivity contribution in [2.24, 2.45) is 0 Å². The zero-order chi connectivity index (χ0) is 22.5. The van der Waals surface area contributed by atoms with Gasteiger partial charge < -0.3 is 20.1 Å². The first-order valence-electron chi connectivity index (χ1n) is 9.78. The predicted molar refractivity (Wildman–Crippen MR) is 127 cm³/mol. The number of nitrogens with one attached hydrogen (secondary N) is 1. The Bertz CT molecular complexity index is 1250. The maximum atomic E-state index is 9.10. The fourth-order valence-electron chi connectivity index (χ4n) is 3.51. The minimum Gasteiger partial charge on any atom is -0.473 e. The highest BCUT2D eigenvalue weighted by atomic mass is 79.9. The highest BCUT2D eigenvalue weighted by molar-refractivity contribution is 9.10. The summed E-state index contributed by atoms with van der Waals surface area (Å²) in [5.74, 6) is -3.65. The van der Waals surface area contributed by atoms with Crippen LogP contribution < -0.4 is 5.32 Å². The van der Waals surface area contributed by atoms with Crippen LogP contribution in [-0.4, -0.2) is 26.7 Å². The van der Waals surface area contributed by atoms with E-state index in [1.54, 1.807) is 0 Å². The Morgan fingerprint density at radius 2 is 1.61 bits per heavy atom. The lowest BCUT2D eigenvalue weighted by molar-refractivity contribution is -0.159. The van der Waals surface area contributed by atoms with Crippen molar-refractivity contribution in [1.29, 1.82) is 0 Å². The van der Waals surface area contributed by atoms with Crippen LogP contribution >= 0.6 is 15.9 Å². The van der Waals surface area contributed by atoms with Gasteiger partial charge in [0.05, 0.1) is 0 Å². The van der Waals surface area contributed by atoms with Gasteiger partial charge in [-0.3, -0.25) is 0 Å². The number of aliphatic carboxylic acids is 2. The maximum Gasteiger partial charge on any atom is 0.414 e. The number of nitrogens with zero attached hydrogens (tertiary/aromatic N) is 1. The third kappa shape index (κ3) is 5.06. The number of aromatic nitrogens is 1. The standard InChI is InChI=1S/C22H21BrN2.C2H2O4/c1-3-25-21-7-5-4-6-18(21)19-13-16(8-11-22(19)25)14-24-17-9-10-20(23)15(2)12-17;3-1(4)2(5)6/h4-13,24H,3,14H2,1-2H3;(H,3,4)(H,5,6). The molecule has 4 rings (SSSR count). The number of aryl methyl sites for hydroxylation is 2. The topological polar surface area (TPSA) is 91.6 Å². The summed E-state index contributed by atoms with van der Waals surface area (Å²) in [4.78, 5) is 18.2. The molecule has 0 spiro atoms. The molecule has 0 aliphatic heterocycles. The third-order valence-electron chi connectivity index (χ3n) is 4.99. The molecule has 3 aromatic carbocycles. The largest absolute Gasteiger partial charge is 0.473 e. The lowest BCUT2D eigenvalue weighted by atomic mass is 10.1. The number of hydrogen-bond acceptors (Lipinski definition) is 3. The van der Waals surface area contributed by atoms with Crippen LogP contribution in [0.2, 0.25) is 0 Å². The molecule has 0 saturated heterocycles. The van der Waals surface area contributed by atoms with Crippen molar-refractivity contribution < 1.29 is 19.8 Å². The summed E-state index contributed by atoms with van der Waals surface area (Å²) in [5.41, 5.74) is 6.32. The minimum absolute atomic E-state index is 0.822. The van der Waals surface area contributed by atoms with E-state index in [2.05, 4.69) is 100 Å². The van der Waals surface area contributed by atoms with Crippen LogP contribution in [0.5, 0.6) is 0 Å².